The number of halogens is 1. The van der Waals surface area contributed by atoms with Crippen molar-refractivity contribution in [2.75, 3.05) is 18.0 Å². The van der Waals surface area contributed by atoms with E-state index in [9.17, 15) is 0 Å². The molecule has 0 radical (unpaired) electrons. The van der Waals surface area contributed by atoms with Crippen LogP contribution in [0.25, 0.3) is 0 Å². The van der Waals surface area contributed by atoms with E-state index in [1.54, 1.807) is 0 Å². The smallest absolute Gasteiger partial charge is 0.0429 e. The second-order valence-corrected chi connectivity index (χ2v) is 6.14. The van der Waals surface area contributed by atoms with Crippen molar-refractivity contribution in [1.82, 2.24) is 5.32 Å². The summed E-state index contributed by atoms with van der Waals surface area (Å²) in [5.41, 5.74) is 2.68. The molecule has 2 nitrogen and oxygen atoms in total. The predicted octanol–water partition coefficient (Wildman–Crippen LogP) is 4.07. The van der Waals surface area contributed by atoms with Crippen molar-refractivity contribution < 1.29 is 0 Å². The van der Waals surface area contributed by atoms with Crippen molar-refractivity contribution in [1.29, 1.82) is 0 Å². The fourth-order valence-electron chi connectivity index (χ4n) is 3.00. The van der Waals surface area contributed by atoms with E-state index in [1.807, 2.05) is 6.07 Å². The molecule has 1 fully saturated rings. The zero-order valence-corrected chi connectivity index (χ0v) is 13.0. The Balaban J connectivity index is 2.28. The third-order valence-corrected chi connectivity index (χ3v) is 4.23. The van der Waals surface area contributed by atoms with E-state index in [1.165, 1.54) is 24.1 Å². The van der Waals surface area contributed by atoms with E-state index >= 15 is 0 Å². The van der Waals surface area contributed by atoms with Crippen LogP contribution in [0, 0.1) is 5.92 Å². The quantitative estimate of drug-likeness (QED) is 0.874. The van der Waals surface area contributed by atoms with Crippen LogP contribution in [0.15, 0.2) is 18.2 Å². The number of hydrogen-bond donors (Lipinski definition) is 1. The number of rotatable bonds is 5. The lowest BCUT2D eigenvalue weighted by Crippen LogP contribution is -2.34. The highest BCUT2D eigenvalue weighted by Gasteiger charge is 2.28. The van der Waals surface area contributed by atoms with Gasteiger partial charge in [-0.3, -0.25) is 0 Å². The minimum absolute atomic E-state index is 0.652. The molecule has 1 unspecified atom stereocenters. The Bertz CT molecular complexity index is 417. The molecule has 0 spiro atoms. The molecule has 106 valence electrons. The first kappa shape index (κ1) is 14.7. The van der Waals surface area contributed by atoms with Gasteiger partial charge in [0.2, 0.25) is 0 Å². The van der Waals surface area contributed by atoms with Gasteiger partial charge >= 0.3 is 0 Å². The fraction of sp³-hybridized carbons (Fsp3) is 0.625. The molecule has 0 saturated carbocycles. The summed E-state index contributed by atoms with van der Waals surface area (Å²) in [5, 5.41) is 4.26. The molecule has 1 atom stereocenters. The van der Waals surface area contributed by atoms with Crippen LogP contribution in [0.1, 0.15) is 39.2 Å². The molecule has 0 aliphatic carbocycles. The second kappa shape index (κ2) is 6.62. The topological polar surface area (TPSA) is 15.3 Å². The summed E-state index contributed by atoms with van der Waals surface area (Å²) in [4.78, 5) is 2.56. The largest absolute Gasteiger partial charge is 0.368 e. The van der Waals surface area contributed by atoms with Gasteiger partial charge in [0, 0.05) is 29.8 Å². The first-order valence-corrected chi connectivity index (χ1v) is 7.77. The average molecular weight is 281 g/mol. The van der Waals surface area contributed by atoms with Crippen LogP contribution in [0.4, 0.5) is 5.69 Å². The molecule has 1 aromatic rings. The summed E-state index contributed by atoms with van der Waals surface area (Å²) in [7, 11) is 0. The summed E-state index contributed by atoms with van der Waals surface area (Å²) in [6.07, 6.45) is 2.58. The summed E-state index contributed by atoms with van der Waals surface area (Å²) >= 11 is 6.21. The average Bonchev–Trinajstić information content (AvgIpc) is 2.86. The Labute approximate surface area is 122 Å². The number of hydrogen-bond acceptors (Lipinski definition) is 2. The van der Waals surface area contributed by atoms with Crippen LogP contribution in [-0.2, 0) is 6.54 Å². The number of nitrogens with zero attached hydrogens (tertiary/aromatic N) is 1. The van der Waals surface area contributed by atoms with Crippen molar-refractivity contribution in [3.8, 4) is 0 Å². The summed E-state index contributed by atoms with van der Waals surface area (Å²) in [6.45, 7) is 9.85. The number of nitrogens with one attached hydrogen (secondary N) is 1. The molecular weight excluding hydrogens is 256 g/mol. The molecule has 0 bridgehead atoms. The molecule has 1 N–H and O–H groups in total. The number of benzene rings is 1. The van der Waals surface area contributed by atoms with Crippen LogP contribution < -0.4 is 10.2 Å². The van der Waals surface area contributed by atoms with Crippen molar-refractivity contribution in [3.05, 3.63) is 28.8 Å². The van der Waals surface area contributed by atoms with Gasteiger partial charge in [0.05, 0.1) is 0 Å². The third kappa shape index (κ3) is 3.43. The van der Waals surface area contributed by atoms with E-state index in [0.29, 0.717) is 12.0 Å². The van der Waals surface area contributed by atoms with Crippen molar-refractivity contribution >= 4 is 17.3 Å². The number of anilines is 1. The Morgan fingerprint density at radius 1 is 1.42 bits per heavy atom. The summed E-state index contributed by atoms with van der Waals surface area (Å²) in [6, 6.07) is 6.95. The maximum atomic E-state index is 6.21. The molecule has 0 amide bonds. The Morgan fingerprint density at radius 2 is 2.21 bits per heavy atom. The van der Waals surface area contributed by atoms with E-state index in [0.717, 1.165) is 24.7 Å². The standard InChI is InChI=1S/C16H25ClN2/c1-4-18-11-13-7-8-14(17)10-16(13)19-9-5-6-15(19)12(2)3/h7-8,10,12,15,18H,4-6,9,11H2,1-3H3. The highest BCUT2D eigenvalue weighted by molar-refractivity contribution is 6.30. The molecule has 1 aliphatic rings. The monoisotopic (exact) mass is 280 g/mol. The van der Waals surface area contributed by atoms with Crippen LogP contribution in [0.3, 0.4) is 0 Å². The van der Waals surface area contributed by atoms with Gasteiger partial charge in [0.25, 0.3) is 0 Å². The Hall–Kier alpha value is -0.730. The lowest BCUT2D eigenvalue weighted by molar-refractivity contribution is 0.491. The van der Waals surface area contributed by atoms with E-state index in [2.05, 4.69) is 43.1 Å². The zero-order valence-electron chi connectivity index (χ0n) is 12.2. The van der Waals surface area contributed by atoms with Gasteiger partial charge in [0.1, 0.15) is 0 Å². The predicted molar refractivity (Wildman–Crippen MR) is 84.0 cm³/mol. The summed E-state index contributed by atoms with van der Waals surface area (Å²) in [5.74, 6) is 0.688. The van der Waals surface area contributed by atoms with Crippen molar-refractivity contribution in [2.24, 2.45) is 5.92 Å². The molecule has 1 aliphatic heterocycles. The maximum Gasteiger partial charge on any atom is 0.0429 e. The van der Waals surface area contributed by atoms with E-state index in [4.69, 9.17) is 11.6 Å². The van der Waals surface area contributed by atoms with Gasteiger partial charge in [-0.1, -0.05) is 38.4 Å². The molecule has 1 saturated heterocycles. The van der Waals surface area contributed by atoms with Crippen LogP contribution in [-0.4, -0.2) is 19.1 Å². The first-order valence-electron chi connectivity index (χ1n) is 7.39. The zero-order chi connectivity index (χ0) is 13.8. The normalized spacial score (nSPS) is 19.4. The van der Waals surface area contributed by atoms with Crippen LogP contribution >= 0.6 is 11.6 Å². The third-order valence-electron chi connectivity index (χ3n) is 3.99. The van der Waals surface area contributed by atoms with Crippen molar-refractivity contribution in [2.45, 2.75) is 46.2 Å². The van der Waals surface area contributed by atoms with Crippen LogP contribution in [0.5, 0.6) is 0 Å². The molecule has 3 heteroatoms. The van der Waals surface area contributed by atoms with Gasteiger partial charge in [0.15, 0.2) is 0 Å². The van der Waals surface area contributed by atoms with E-state index < -0.39 is 0 Å². The first-order chi connectivity index (χ1) is 9.13. The molecular formula is C16H25ClN2. The lowest BCUT2D eigenvalue weighted by Gasteiger charge is -2.31. The molecule has 1 aromatic carbocycles. The van der Waals surface area contributed by atoms with E-state index in [-0.39, 0.29) is 0 Å². The molecule has 2 rings (SSSR count). The van der Waals surface area contributed by atoms with Gasteiger partial charge < -0.3 is 10.2 Å². The summed E-state index contributed by atoms with van der Waals surface area (Å²) < 4.78 is 0. The van der Waals surface area contributed by atoms with Gasteiger partial charge in [-0.25, -0.2) is 0 Å². The SMILES string of the molecule is CCNCc1ccc(Cl)cc1N1CCCC1C(C)C. The Kier molecular flexibility index (Phi) is 5.12. The molecule has 1 heterocycles. The van der Waals surface area contributed by atoms with Gasteiger partial charge in [-0.15, -0.1) is 0 Å². The molecule has 0 aromatic heterocycles. The highest BCUT2D eigenvalue weighted by atomic mass is 35.5. The van der Waals surface area contributed by atoms with Crippen molar-refractivity contribution in [3.63, 3.8) is 0 Å². The maximum absolute atomic E-state index is 6.21. The fourth-order valence-corrected chi connectivity index (χ4v) is 3.16. The lowest BCUT2D eigenvalue weighted by atomic mass is 10.0. The second-order valence-electron chi connectivity index (χ2n) is 5.70. The minimum atomic E-state index is 0.652. The van der Waals surface area contributed by atoms with Crippen LogP contribution in [0.2, 0.25) is 5.02 Å². The Morgan fingerprint density at radius 3 is 2.89 bits per heavy atom. The highest BCUT2D eigenvalue weighted by Crippen LogP contribution is 2.33. The molecule has 19 heavy (non-hydrogen) atoms. The van der Waals surface area contributed by atoms with Gasteiger partial charge in [-0.2, -0.15) is 0 Å². The van der Waals surface area contributed by atoms with Gasteiger partial charge in [-0.05, 0) is 43.0 Å². The minimum Gasteiger partial charge on any atom is -0.368 e.